The molecule has 2 rings (SSSR count). The Morgan fingerprint density at radius 2 is 2.25 bits per heavy atom. The number of terminal acetylenes is 1. The summed E-state index contributed by atoms with van der Waals surface area (Å²) in [5, 5.41) is 29.3. The van der Waals surface area contributed by atoms with Gasteiger partial charge in [-0.1, -0.05) is 5.92 Å². The molecule has 4 unspecified atom stereocenters. The highest BCUT2D eigenvalue weighted by atomic mass is 16.6. The standard InChI is InChI=1S/C13H16N2O5/c1-2-13(19)9(6-16)20-8(11(13)17)5-7-3-4-10(14)15-12(7)18/h1,3-4,8-9,11,16-17,19H,5-6H2,(H3,14,15,18). The van der Waals surface area contributed by atoms with Crippen LogP contribution in [0.2, 0.25) is 0 Å². The van der Waals surface area contributed by atoms with Crippen LogP contribution in [-0.4, -0.2) is 50.8 Å². The molecule has 0 amide bonds. The van der Waals surface area contributed by atoms with Crippen molar-refractivity contribution in [2.75, 3.05) is 12.3 Å². The highest BCUT2D eigenvalue weighted by Gasteiger charge is 2.54. The number of nitrogen functional groups attached to an aromatic ring is 1. The van der Waals surface area contributed by atoms with Crippen molar-refractivity contribution in [3.05, 3.63) is 28.0 Å². The van der Waals surface area contributed by atoms with E-state index < -0.39 is 36.1 Å². The van der Waals surface area contributed by atoms with Crippen molar-refractivity contribution >= 4 is 5.82 Å². The number of ether oxygens (including phenoxy) is 1. The van der Waals surface area contributed by atoms with Crippen LogP contribution in [0.25, 0.3) is 0 Å². The Hall–Kier alpha value is -1.85. The predicted octanol–water partition coefficient (Wildman–Crippen LogP) is -2.02. The van der Waals surface area contributed by atoms with E-state index in [9.17, 15) is 15.0 Å². The van der Waals surface area contributed by atoms with Crippen LogP contribution in [0, 0.1) is 12.3 Å². The van der Waals surface area contributed by atoms with Crippen molar-refractivity contribution in [3.8, 4) is 12.3 Å². The summed E-state index contributed by atoms with van der Waals surface area (Å²) in [7, 11) is 0. The van der Waals surface area contributed by atoms with Crippen molar-refractivity contribution in [1.82, 2.24) is 4.98 Å². The molecule has 2 heterocycles. The van der Waals surface area contributed by atoms with E-state index in [0.29, 0.717) is 5.56 Å². The molecular formula is C13H16N2O5. The number of nitrogens with two attached hydrogens (primary N) is 1. The summed E-state index contributed by atoms with van der Waals surface area (Å²) in [5.41, 5.74) is 3.39. The second-order valence-corrected chi connectivity index (χ2v) is 4.73. The summed E-state index contributed by atoms with van der Waals surface area (Å²) < 4.78 is 5.34. The summed E-state index contributed by atoms with van der Waals surface area (Å²) >= 11 is 0. The van der Waals surface area contributed by atoms with Gasteiger partial charge in [-0.15, -0.1) is 6.42 Å². The SMILES string of the molecule is C#CC1(O)C(CO)OC(Cc2ccc(N)[nH]c2=O)C1O. The molecule has 0 bridgehead atoms. The van der Waals surface area contributed by atoms with E-state index in [1.54, 1.807) is 0 Å². The molecule has 0 saturated carbocycles. The van der Waals surface area contributed by atoms with E-state index in [2.05, 4.69) is 4.98 Å². The van der Waals surface area contributed by atoms with E-state index in [1.165, 1.54) is 12.1 Å². The van der Waals surface area contributed by atoms with Gasteiger partial charge in [-0.2, -0.15) is 0 Å². The normalized spacial score (nSPS) is 33.0. The zero-order valence-electron chi connectivity index (χ0n) is 10.6. The summed E-state index contributed by atoms with van der Waals surface area (Å²) in [6.45, 7) is -0.535. The fourth-order valence-corrected chi connectivity index (χ4v) is 2.28. The number of pyridine rings is 1. The first-order valence-corrected chi connectivity index (χ1v) is 6.04. The molecule has 1 aliphatic heterocycles. The lowest BCUT2D eigenvalue weighted by Crippen LogP contribution is -2.48. The number of aliphatic hydroxyl groups is 3. The van der Waals surface area contributed by atoms with Crippen LogP contribution in [0.15, 0.2) is 16.9 Å². The highest BCUT2D eigenvalue weighted by molar-refractivity contribution is 5.30. The minimum atomic E-state index is -1.97. The molecule has 1 aliphatic rings. The minimum absolute atomic E-state index is 0.0390. The molecule has 1 aromatic rings. The molecule has 6 N–H and O–H groups in total. The van der Waals surface area contributed by atoms with Gasteiger partial charge in [-0.25, -0.2) is 0 Å². The second-order valence-electron chi connectivity index (χ2n) is 4.73. The topological polar surface area (TPSA) is 129 Å². The second kappa shape index (κ2) is 5.26. The van der Waals surface area contributed by atoms with Crippen LogP contribution in [-0.2, 0) is 11.2 Å². The Balaban J connectivity index is 2.23. The molecule has 108 valence electrons. The lowest BCUT2D eigenvalue weighted by molar-refractivity contribution is -0.0535. The van der Waals surface area contributed by atoms with Gasteiger partial charge < -0.3 is 30.8 Å². The fourth-order valence-electron chi connectivity index (χ4n) is 2.28. The monoisotopic (exact) mass is 280 g/mol. The van der Waals surface area contributed by atoms with Crippen LogP contribution < -0.4 is 11.3 Å². The largest absolute Gasteiger partial charge is 0.394 e. The van der Waals surface area contributed by atoms with E-state index in [0.717, 1.165) is 0 Å². The average Bonchev–Trinajstić information content (AvgIpc) is 2.67. The van der Waals surface area contributed by atoms with Gasteiger partial charge in [0.1, 0.15) is 18.0 Å². The Morgan fingerprint density at radius 3 is 2.75 bits per heavy atom. The van der Waals surface area contributed by atoms with Gasteiger partial charge in [0, 0.05) is 12.0 Å². The number of aromatic amines is 1. The third-order valence-electron chi connectivity index (χ3n) is 3.46. The molecule has 7 nitrogen and oxygen atoms in total. The van der Waals surface area contributed by atoms with Crippen LogP contribution in [0.4, 0.5) is 5.82 Å². The van der Waals surface area contributed by atoms with Crippen molar-refractivity contribution in [2.45, 2.75) is 30.3 Å². The lowest BCUT2D eigenvalue weighted by atomic mass is 9.90. The predicted molar refractivity (Wildman–Crippen MR) is 70.7 cm³/mol. The molecule has 1 aromatic heterocycles. The first-order valence-electron chi connectivity index (χ1n) is 6.04. The maximum atomic E-state index is 11.7. The molecule has 4 atom stereocenters. The fraction of sp³-hybridized carbons (Fsp3) is 0.462. The first kappa shape index (κ1) is 14.6. The zero-order chi connectivity index (χ0) is 14.9. The van der Waals surface area contributed by atoms with Gasteiger partial charge in [0.15, 0.2) is 5.60 Å². The summed E-state index contributed by atoms with van der Waals surface area (Å²) in [4.78, 5) is 14.1. The number of aliphatic hydroxyl groups excluding tert-OH is 2. The van der Waals surface area contributed by atoms with E-state index in [-0.39, 0.29) is 12.2 Å². The smallest absolute Gasteiger partial charge is 0.252 e. The molecule has 0 aliphatic carbocycles. The van der Waals surface area contributed by atoms with Gasteiger partial charge in [-0.3, -0.25) is 4.79 Å². The van der Waals surface area contributed by atoms with Gasteiger partial charge in [0.2, 0.25) is 0 Å². The molecule has 20 heavy (non-hydrogen) atoms. The number of hydrogen-bond acceptors (Lipinski definition) is 6. The molecule has 0 spiro atoms. The molecule has 1 fully saturated rings. The number of aromatic nitrogens is 1. The third kappa shape index (κ3) is 2.30. The summed E-state index contributed by atoms with van der Waals surface area (Å²) in [5.74, 6) is 2.27. The van der Waals surface area contributed by atoms with Gasteiger partial charge in [0.05, 0.1) is 12.7 Å². The number of hydrogen-bond donors (Lipinski definition) is 5. The summed E-state index contributed by atoms with van der Waals surface area (Å²) in [6.07, 6.45) is 1.84. The van der Waals surface area contributed by atoms with Crippen LogP contribution in [0.5, 0.6) is 0 Å². The third-order valence-corrected chi connectivity index (χ3v) is 3.46. The van der Waals surface area contributed by atoms with E-state index in [4.69, 9.17) is 22.0 Å². The Bertz CT molecular complexity index is 593. The first-order chi connectivity index (χ1) is 9.42. The van der Waals surface area contributed by atoms with Gasteiger partial charge >= 0.3 is 0 Å². The number of anilines is 1. The van der Waals surface area contributed by atoms with Gasteiger partial charge in [0.25, 0.3) is 5.56 Å². The van der Waals surface area contributed by atoms with Crippen molar-refractivity contribution in [3.63, 3.8) is 0 Å². The Kier molecular flexibility index (Phi) is 3.83. The van der Waals surface area contributed by atoms with E-state index in [1.807, 2.05) is 5.92 Å². The average molecular weight is 280 g/mol. The lowest BCUT2D eigenvalue weighted by Gasteiger charge is -2.24. The van der Waals surface area contributed by atoms with Crippen molar-refractivity contribution in [2.24, 2.45) is 0 Å². The number of H-pyrrole nitrogens is 1. The zero-order valence-corrected chi connectivity index (χ0v) is 10.6. The molecule has 0 aromatic carbocycles. The Morgan fingerprint density at radius 1 is 1.55 bits per heavy atom. The van der Waals surface area contributed by atoms with Crippen molar-refractivity contribution < 1.29 is 20.1 Å². The molecule has 0 radical (unpaired) electrons. The number of nitrogens with one attached hydrogen (secondary N) is 1. The quantitative estimate of drug-likeness (QED) is 0.407. The van der Waals surface area contributed by atoms with Crippen molar-refractivity contribution in [1.29, 1.82) is 0 Å². The Labute approximate surface area is 115 Å². The van der Waals surface area contributed by atoms with E-state index >= 15 is 0 Å². The highest BCUT2D eigenvalue weighted by Crippen LogP contribution is 2.32. The van der Waals surface area contributed by atoms with Crippen LogP contribution in [0.3, 0.4) is 0 Å². The number of rotatable bonds is 3. The maximum Gasteiger partial charge on any atom is 0.252 e. The maximum absolute atomic E-state index is 11.7. The molecule has 1 saturated heterocycles. The molecular weight excluding hydrogens is 264 g/mol. The van der Waals surface area contributed by atoms with Crippen LogP contribution in [0.1, 0.15) is 5.56 Å². The minimum Gasteiger partial charge on any atom is -0.394 e. The molecule has 7 heteroatoms. The summed E-state index contributed by atoms with van der Waals surface area (Å²) in [6, 6.07) is 3.01. The van der Waals surface area contributed by atoms with Crippen LogP contribution >= 0.6 is 0 Å². The van der Waals surface area contributed by atoms with Gasteiger partial charge in [-0.05, 0) is 12.1 Å².